The fraction of sp³-hybridized carbons (Fsp3) is 0.704. The normalized spacial score (nSPS) is 48.4. The highest BCUT2D eigenvalue weighted by molar-refractivity contribution is 8.26. The van der Waals surface area contributed by atoms with E-state index in [2.05, 4.69) is 0 Å². The zero-order valence-electron chi connectivity index (χ0n) is 26.3. The van der Waals surface area contributed by atoms with E-state index in [0.717, 1.165) is 12.2 Å². The highest BCUT2D eigenvalue weighted by Crippen LogP contribution is 2.72. The number of carbonyl (C=O) groups excluding carboxylic acids is 4. The molecule has 9 atom stereocenters. The number of allylic oxidation sites excluding steroid dienone is 4. The first-order chi connectivity index (χ1) is 19.0. The van der Waals surface area contributed by atoms with Crippen molar-refractivity contribution in [3.8, 4) is 0 Å². The topological polar surface area (TPSA) is 97.7 Å². The van der Waals surface area contributed by atoms with Crippen LogP contribution in [0.25, 0.3) is 0 Å². The van der Waals surface area contributed by atoms with Crippen LogP contribution in [0.5, 0.6) is 0 Å². The Bertz CT molecular complexity index is 1270. The van der Waals surface area contributed by atoms with E-state index in [-0.39, 0.29) is 23.8 Å². The van der Waals surface area contributed by atoms with Crippen LogP contribution in [0.4, 0.5) is 8.78 Å². The van der Waals surface area contributed by atoms with Crippen LogP contribution in [0.3, 0.4) is 0 Å². The van der Waals surface area contributed by atoms with Crippen LogP contribution in [0, 0.1) is 28.6 Å². The van der Waals surface area contributed by atoms with Gasteiger partial charge in [0, 0.05) is 43.7 Å². The summed E-state index contributed by atoms with van der Waals surface area (Å²) in [6.07, 6.45) is -3.20. The van der Waals surface area contributed by atoms with Gasteiger partial charge in [-0.1, -0.05) is 33.6 Å². The lowest BCUT2D eigenvalue weighted by molar-refractivity contribution is -0.228. The van der Waals surface area contributed by atoms with E-state index in [9.17, 15) is 24.3 Å². The maximum Gasteiger partial charge on any atom is 0.306 e. The quantitative estimate of drug-likeness (QED) is 0.537. The first kappa shape index (κ1) is 20.1. The number of fused-ring (bicyclic) bond motifs is 5. The average Bonchev–Trinajstić information content (AvgIpc) is 3.02. The minimum atomic E-state index is -2.78. The molecule has 0 bridgehead atoms. The molecule has 0 aliphatic heterocycles. The number of esters is 1. The summed E-state index contributed by atoms with van der Waals surface area (Å²) in [6, 6.07) is 0. The molecule has 1 N–H and O–H groups in total. The van der Waals surface area contributed by atoms with Gasteiger partial charge in [-0.2, -0.15) is 0 Å². The maximum atomic E-state index is 17.5. The van der Waals surface area contributed by atoms with Crippen molar-refractivity contribution in [2.24, 2.45) is 28.6 Å². The van der Waals surface area contributed by atoms with Crippen LogP contribution in [0.15, 0.2) is 23.8 Å². The van der Waals surface area contributed by atoms with Crippen molar-refractivity contribution in [1.82, 2.24) is 0 Å². The number of alkyl halides is 2. The second-order valence-electron chi connectivity index (χ2n) is 10.8. The zero-order valence-corrected chi connectivity index (χ0v) is 21.1. The number of aliphatic hydroxyl groups excluding tert-OH is 1. The summed E-state index contributed by atoms with van der Waals surface area (Å²) in [5.41, 5.74) is -8.16. The number of ether oxygens (including phenoxy) is 1. The summed E-state index contributed by atoms with van der Waals surface area (Å²) >= 11 is 0.0256. The van der Waals surface area contributed by atoms with E-state index in [1.54, 1.807) is 0 Å². The Morgan fingerprint density at radius 3 is 2.58 bits per heavy atom. The number of halogens is 2. The Labute approximate surface area is 222 Å². The first-order valence-corrected chi connectivity index (χ1v) is 12.8. The van der Waals surface area contributed by atoms with Crippen LogP contribution < -0.4 is 0 Å². The third-order valence-electron chi connectivity index (χ3n) is 9.24. The van der Waals surface area contributed by atoms with Gasteiger partial charge in [-0.05, 0) is 61.6 Å². The molecule has 4 aliphatic carbocycles. The molecule has 0 unspecified atom stereocenters. The molecule has 3 saturated carbocycles. The van der Waals surface area contributed by atoms with Gasteiger partial charge in [-0.15, -0.1) is 0 Å². The van der Waals surface area contributed by atoms with Crippen LogP contribution >= 0.6 is 11.8 Å². The fourth-order valence-corrected chi connectivity index (χ4v) is 8.56. The summed E-state index contributed by atoms with van der Waals surface area (Å²) in [4.78, 5) is 51.7. The van der Waals surface area contributed by atoms with Gasteiger partial charge in [0.25, 0.3) is 0 Å². The molecular weight excluding hydrogens is 490 g/mol. The van der Waals surface area contributed by atoms with Gasteiger partial charge in [0.2, 0.25) is 5.12 Å². The molecule has 0 amide bonds. The number of ketones is 1. The highest BCUT2D eigenvalue weighted by atomic mass is 32.2. The average molecular weight is 531 g/mol. The molecular formula is C27H34F2O6S. The molecule has 36 heavy (non-hydrogen) atoms. The zero-order chi connectivity index (χ0) is 31.8. The van der Waals surface area contributed by atoms with Gasteiger partial charge in [-0.25, -0.2) is 8.78 Å². The van der Waals surface area contributed by atoms with E-state index in [4.69, 9.17) is 13.0 Å². The van der Waals surface area contributed by atoms with Crippen molar-refractivity contribution in [1.29, 1.82) is 0 Å². The molecule has 4 aliphatic rings. The minimum absolute atomic E-state index is 0.00907. The van der Waals surface area contributed by atoms with Gasteiger partial charge < -0.3 is 9.84 Å². The Balaban J connectivity index is 1.83. The SMILES string of the molecule is [2H]C([2H])([2H])CC(=O)O[C@]1(C(=O)SC(=O)CC([2H])([2H])[2H])[C@H](C)C[C@H]2[C@@H]3C[C@H](F)C4=CC(=O)C=C[C@]4(C)[C@@]3(F)[C@@H](O)C[C@@]21C. The number of carbonyl (C=O) groups is 4. The molecule has 0 saturated heterocycles. The van der Waals surface area contributed by atoms with Gasteiger partial charge in [0.15, 0.2) is 22.2 Å². The van der Waals surface area contributed by atoms with Crippen molar-refractivity contribution >= 4 is 33.7 Å². The molecule has 0 radical (unpaired) electrons. The Morgan fingerprint density at radius 1 is 1.22 bits per heavy atom. The summed E-state index contributed by atoms with van der Waals surface area (Å²) in [6.45, 7) is -1.09. The van der Waals surface area contributed by atoms with Crippen LogP contribution in [-0.4, -0.2) is 50.6 Å². The summed E-state index contributed by atoms with van der Waals surface area (Å²) in [5, 5.41) is 9.45. The Morgan fingerprint density at radius 2 is 1.92 bits per heavy atom. The number of hydrogen-bond acceptors (Lipinski definition) is 7. The van der Waals surface area contributed by atoms with Crippen molar-refractivity contribution in [3.05, 3.63) is 23.8 Å². The standard InChI is InChI=1S/C27H34F2O6S/c1-6-21(32)35-27(23(34)36-22(33)7-2)14(3)10-16-17-12-19(28)18-11-15(30)8-9-24(18,4)26(17,29)20(31)13-25(16,27)5/h8-9,11,14,16-17,19-20,31H,6-7,10,12-13H2,1-5H3/t14-,16+,17+,19+,20+,24+,25+,26+,27+/m1/s1/i1D3,2D3. The van der Waals surface area contributed by atoms with E-state index in [0.29, 0.717) is 0 Å². The number of aliphatic hydroxyl groups is 1. The molecule has 4 rings (SSSR count). The smallest absolute Gasteiger partial charge is 0.306 e. The highest BCUT2D eigenvalue weighted by Gasteiger charge is 2.78. The van der Waals surface area contributed by atoms with Crippen molar-refractivity contribution in [3.63, 3.8) is 0 Å². The molecule has 0 aromatic carbocycles. The van der Waals surface area contributed by atoms with Gasteiger partial charge in [0.1, 0.15) is 6.17 Å². The Hall–Kier alpha value is -1.87. The summed E-state index contributed by atoms with van der Waals surface area (Å²) < 4.78 is 83.5. The van der Waals surface area contributed by atoms with Gasteiger partial charge in [-0.3, -0.25) is 19.2 Å². The second-order valence-corrected chi connectivity index (χ2v) is 11.9. The minimum Gasteiger partial charge on any atom is -0.449 e. The number of thioether (sulfide) groups is 1. The molecule has 0 aromatic rings. The lowest BCUT2D eigenvalue weighted by atomic mass is 9.44. The van der Waals surface area contributed by atoms with Crippen molar-refractivity contribution in [2.45, 2.75) is 90.1 Å². The molecule has 0 spiro atoms. The van der Waals surface area contributed by atoms with Gasteiger partial charge in [0.05, 0.1) is 6.10 Å². The van der Waals surface area contributed by atoms with Gasteiger partial charge >= 0.3 is 5.97 Å². The maximum absolute atomic E-state index is 17.5. The molecule has 6 nitrogen and oxygen atoms in total. The summed E-state index contributed by atoms with van der Waals surface area (Å²) in [5.74, 6) is -4.88. The Kier molecular flexibility index (Phi) is 4.96. The first-order valence-electron chi connectivity index (χ1n) is 14.9. The van der Waals surface area contributed by atoms with Crippen LogP contribution in [0.1, 0.15) is 74.8 Å². The molecule has 198 valence electrons. The lowest BCUT2D eigenvalue weighted by Crippen LogP contribution is -2.70. The summed E-state index contributed by atoms with van der Waals surface area (Å²) in [7, 11) is 0. The number of hydrogen-bond donors (Lipinski definition) is 1. The monoisotopic (exact) mass is 530 g/mol. The van der Waals surface area contributed by atoms with E-state index < -0.39 is 113 Å². The predicted octanol–water partition coefficient (Wildman–Crippen LogP) is 4.44. The van der Waals surface area contributed by atoms with Crippen LogP contribution in [0.2, 0.25) is 0 Å². The fourth-order valence-electron chi connectivity index (χ4n) is 7.65. The largest absolute Gasteiger partial charge is 0.449 e. The van der Waals surface area contributed by atoms with E-state index in [1.807, 2.05) is 0 Å². The lowest BCUT2D eigenvalue weighted by Gasteiger charge is -2.63. The van der Waals surface area contributed by atoms with Crippen molar-refractivity contribution in [2.75, 3.05) is 0 Å². The molecule has 0 aromatic heterocycles. The predicted molar refractivity (Wildman–Crippen MR) is 130 cm³/mol. The van der Waals surface area contributed by atoms with Crippen LogP contribution in [-0.2, 0) is 23.9 Å². The molecule has 3 fully saturated rings. The molecule has 9 heteroatoms. The van der Waals surface area contributed by atoms with Crippen molar-refractivity contribution < 1.29 is 46.0 Å². The third-order valence-corrected chi connectivity index (χ3v) is 10.1. The number of rotatable bonds is 4. The second kappa shape index (κ2) is 8.86. The van der Waals surface area contributed by atoms with E-state index >= 15 is 8.78 Å². The van der Waals surface area contributed by atoms with E-state index in [1.165, 1.54) is 26.8 Å². The third kappa shape index (κ3) is 3.37. The molecule has 0 heterocycles.